The average Bonchev–Trinajstić information content (AvgIpc) is 2.12. The van der Waals surface area contributed by atoms with Crippen molar-refractivity contribution in [3.8, 4) is 5.88 Å². The molecule has 0 aromatic carbocycles. The van der Waals surface area contributed by atoms with Crippen molar-refractivity contribution < 1.29 is 31.5 Å². The van der Waals surface area contributed by atoms with Gasteiger partial charge in [0.25, 0.3) is 12.0 Å². The van der Waals surface area contributed by atoms with E-state index in [-0.39, 0.29) is 6.29 Å². The molecule has 0 amide bonds. The molecule has 1 aromatic rings. The van der Waals surface area contributed by atoms with Gasteiger partial charge in [-0.3, -0.25) is 14.6 Å². The number of alkyl halides is 5. The summed E-state index contributed by atoms with van der Waals surface area (Å²) in [5, 5.41) is 0. The first kappa shape index (κ1) is 13.1. The number of pyridine rings is 1. The lowest BCUT2D eigenvalue weighted by molar-refractivity contribution is -0.276. The van der Waals surface area contributed by atoms with Crippen molar-refractivity contribution in [2.45, 2.75) is 12.8 Å². The van der Waals surface area contributed by atoms with Crippen LogP contribution < -0.4 is 10.3 Å². The predicted octanol–water partition coefficient (Wildman–Crippen LogP) is 2.02. The minimum atomic E-state index is -5.10. The Labute approximate surface area is 90.0 Å². The molecule has 0 saturated heterocycles. The van der Waals surface area contributed by atoms with Gasteiger partial charge in [0.05, 0.1) is 5.56 Å². The predicted molar refractivity (Wildman–Crippen MR) is 44.1 cm³/mol. The highest BCUT2D eigenvalue weighted by atomic mass is 19.4. The third kappa shape index (κ3) is 3.26. The van der Waals surface area contributed by atoms with Crippen molar-refractivity contribution >= 4 is 6.29 Å². The van der Waals surface area contributed by atoms with E-state index in [1.807, 2.05) is 0 Å². The second kappa shape index (κ2) is 4.52. The third-order valence-electron chi connectivity index (χ3n) is 1.65. The Hall–Kier alpha value is -1.93. The molecule has 0 unspecified atom stereocenters. The van der Waals surface area contributed by atoms with Crippen molar-refractivity contribution in [3.05, 3.63) is 27.5 Å². The monoisotopic (exact) mass is 257 g/mol. The van der Waals surface area contributed by atoms with Crippen LogP contribution in [0.5, 0.6) is 5.88 Å². The number of H-pyrrole nitrogens is 1. The van der Waals surface area contributed by atoms with Crippen LogP contribution in [0.2, 0.25) is 0 Å². The number of nitrogens with one attached hydrogen (secondary N) is 1. The standard InChI is InChI=1S/C8H4F5NO3/c9-6(10)5-3(2-15)1-4(14-7(5)16)17-8(11,12)13/h1-2,6H,(H,14,16). The van der Waals surface area contributed by atoms with Crippen LogP contribution in [-0.2, 0) is 0 Å². The molecule has 4 nitrogen and oxygen atoms in total. The molecule has 0 spiro atoms. The fourth-order valence-corrected chi connectivity index (χ4v) is 1.07. The van der Waals surface area contributed by atoms with E-state index < -0.39 is 35.4 Å². The SMILES string of the molecule is O=Cc1cc(OC(F)(F)F)[nH]c(=O)c1C(F)F. The Morgan fingerprint density at radius 2 is 1.94 bits per heavy atom. The Kier molecular flexibility index (Phi) is 3.49. The summed E-state index contributed by atoms with van der Waals surface area (Å²) < 4.78 is 63.3. The largest absolute Gasteiger partial charge is 0.574 e. The number of rotatable bonds is 3. The smallest absolute Gasteiger partial charge is 0.390 e. The fourth-order valence-electron chi connectivity index (χ4n) is 1.07. The van der Waals surface area contributed by atoms with Gasteiger partial charge in [0.2, 0.25) is 5.88 Å². The first-order valence-electron chi connectivity index (χ1n) is 4.01. The van der Waals surface area contributed by atoms with Gasteiger partial charge in [0.15, 0.2) is 6.29 Å². The van der Waals surface area contributed by atoms with Crippen molar-refractivity contribution in [1.82, 2.24) is 4.98 Å². The number of aldehydes is 1. The van der Waals surface area contributed by atoms with Crippen LogP contribution in [0.25, 0.3) is 0 Å². The summed E-state index contributed by atoms with van der Waals surface area (Å²) in [6.07, 6.45) is -8.53. The molecule has 0 atom stereocenters. The third-order valence-corrected chi connectivity index (χ3v) is 1.65. The summed E-state index contributed by atoms with van der Waals surface area (Å²) in [7, 11) is 0. The van der Waals surface area contributed by atoms with E-state index in [2.05, 4.69) is 4.74 Å². The van der Waals surface area contributed by atoms with Gasteiger partial charge in [-0.1, -0.05) is 0 Å². The maximum Gasteiger partial charge on any atom is 0.574 e. The molecular weight excluding hydrogens is 253 g/mol. The summed E-state index contributed by atoms with van der Waals surface area (Å²) in [6.45, 7) is 0. The van der Waals surface area contributed by atoms with Crippen molar-refractivity contribution in [1.29, 1.82) is 0 Å². The minimum absolute atomic E-state index is 0.153. The molecule has 94 valence electrons. The van der Waals surface area contributed by atoms with Crippen LogP contribution in [0.15, 0.2) is 10.9 Å². The van der Waals surface area contributed by atoms with Crippen LogP contribution in [0, 0.1) is 0 Å². The van der Waals surface area contributed by atoms with Crippen molar-refractivity contribution in [3.63, 3.8) is 0 Å². The Bertz CT molecular complexity index is 479. The number of carbonyl (C=O) groups is 1. The second-order valence-electron chi connectivity index (χ2n) is 2.80. The Balaban J connectivity index is 3.28. The Morgan fingerprint density at radius 3 is 2.35 bits per heavy atom. The highest BCUT2D eigenvalue weighted by molar-refractivity contribution is 5.77. The number of aromatic nitrogens is 1. The van der Waals surface area contributed by atoms with Gasteiger partial charge < -0.3 is 4.74 Å². The molecule has 0 bridgehead atoms. The van der Waals surface area contributed by atoms with Crippen LogP contribution in [-0.4, -0.2) is 17.6 Å². The number of carbonyl (C=O) groups excluding carboxylic acids is 1. The molecule has 1 heterocycles. The van der Waals surface area contributed by atoms with Crippen molar-refractivity contribution in [2.24, 2.45) is 0 Å². The number of hydrogen-bond donors (Lipinski definition) is 1. The van der Waals surface area contributed by atoms with E-state index in [1.54, 1.807) is 0 Å². The number of ether oxygens (including phenoxy) is 1. The molecule has 0 fully saturated rings. The zero-order valence-corrected chi connectivity index (χ0v) is 7.85. The Morgan fingerprint density at radius 1 is 1.35 bits per heavy atom. The summed E-state index contributed by atoms with van der Waals surface area (Å²) in [4.78, 5) is 22.8. The molecule has 17 heavy (non-hydrogen) atoms. The van der Waals surface area contributed by atoms with Gasteiger partial charge in [-0.05, 0) is 0 Å². The summed E-state index contributed by atoms with van der Waals surface area (Å²) in [5.41, 5.74) is -3.57. The quantitative estimate of drug-likeness (QED) is 0.665. The van der Waals surface area contributed by atoms with E-state index in [4.69, 9.17) is 0 Å². The fraction of sp³-hybridized carbons (Fsp3) is 0.250. The zero-order chi connectivity index (χ0) is 13.2. The van der Waals surface area contributed by atoms with Gasteiger partial charge in [-0.2, -0.15) is 0 Å². The van der Waals surface area contributed by atoms with Crippen LogP contribution >= 0.6 is 0 Å². The lowest BCUT2D eigenvalue weighted by Gasteiger charge is -2.10. The molecule has 0 aliphatic carbocycles. The van der Waals surface area contributed by atoms with E-state index in [0.717, 1.165) is 0 Å². The second-order valence-corrected chi connectivity index (χ2v) is 2.80. The lowest BCUT2D eigenvalue weighted by atomic mass is 10.1. The number of aromatic amines is 1. The normalized spacial score (nSPS) is 11.6. The number of halogens is 5. The van der Waals surface area contributed by atoms with E-state index in [9.17, 15) is 31.5 Å². The van der Waals surface area contributed by atoms with Gasteiger partial charge >= 0.3 is 6.36 Å². The van der Waals surface area contributed by atoms with Gasteiger partial charge in [-0.25, -0.2) is 8.78 Å². The molecule has 1 rings (SSSR count). The van der Waals surface area contributed by atoms with Crippen molar-refractivity contribution in [2.75, 3.05) is 0 Å². The molecule has 0 aliphatic heterocycles. The zero-order valence-electron chi connectivity index (χ0n) is 7.85. The first-order chi connectivity index (χ1) is 7.74. The number of hydrogen-bond acceptors (Lipinski definition) is 3. The summed E-state index contributed by atoms with van der Waals surface area (Å²) in [6, 6.07) is 0.378. The molecule has 0 radical (unpaired) electrons. The minimum Gasteiger partial charge on any atom is -0.390 e. The highest BCUT2D eigenvalue weighted by Crippen LogP contribution is 2.24. The molecule has 0 saturated carbocycles. The first-order valence-corrected chi connectivity index (χ1v) is 4.01. The highest BCUT2D eigenvalue weighted by Gasteiger charge is 2.32. The average molecular weight is 257 g/mol. The maximum atomic E-state index is 12.3. The summed E-state index contributed by atoms with van der Waals surface area (Å²) in [5.74, 6) is -1.13. The molecule has 1 N–H and O–H groups in total. The van der Waals surface area contributed by atoms with E-state index in [0.29, 0.717) is 6.07 Å². The van der Waals surface area contributed by atoms with E-state index >= 15 is 0 Å². The van der Waals surface area contributed by atoms with Crippen LogP contribution in [0.3, 0.4) is 0 Å². The topological polar surface area (TPSA) is 59.2 Å². The van der Waals surface area contributed by atoms with Gasteiger partial charge in [0.1, 0.15) is 0 Å². The molecule has 1 aromatic heterocycles. The van der Waals surface area contributed by atoms with Gasteiger partial charge in [-0.15, -0.1) is 13.2 Å². The van der Waals surface area contributed by atoms with Crippen LogP contribution in [0.1, 0.15) is 22.3 Å². The lowest BCUT2D eigenvalue weighted by Crippen LogP contribution is -2.22. The molecule has 0 aliphatic rings. The summed E-state index contributed by atoms with van der Waals surface area (Å²) >= 11 is 0. The molecule has 9 heteroatoms. The van der Waals surface area contributed by atoms with Gasteiger partial charge in [0, 0.05) is 11.6 Å². The molecular formula is C8H4F5NO3. The van der Waals surface area contributed by atoms with E-state index in [1.165, 1.54) is 4.98 Å². The van der Waals surface area contributed by atoms with Crippen LogP contribution in [0.4, 0.5) is 22.0 Å². The maximum absolute atomic E-state index is 12.3.